The van der Waals surface area contributed by atoms with Gasteiger partial charge in [-0.05, 0) is 38.5 Å². The summed E-state index contributed by atoms with van der Waals surface area (Å²) in [6.07, 6.45) is 16.4. The first-order valence-corrected chi connectivity index (χ1v) is 12.7. The van der Waals surface area contributed by atoms with Crippen LogP contribution in [-0.2, 0) is 28.4 Å². The van der Waals surface area contributed by atoms with E-state index < -0.39 is 17.4 Å². The van der Waals surface area contributed by atoms with Crippen molar-refractivity contribution in [2.45, 2.75) is 138 Å². The van der Waals surface area contributed by atoms with Gasteiger partial charge in [-0.2, -0.15) is 0 Å². The summed E-state index contributed by atoms with van der Waals surface area (Å²) in [4.78, 5) is 0. The first kappa shape index (κ1) is 20.4. The molecule has 6 fully saturated rings. The summed E-state index contributed by atoms with van der Waals surface area (Å²) >= 11 is 0. The predicted molar refractivity (Wildman–Crippen MR) is 109 cm³/mol. The highest BCUT2D eigenvalue weighted by atomic mass is 16.8. The molecule has 3 aliphatic carbocycles. The topological polar surface area (TPSA) is 55.4 Å². The first-order valence-electron chi connectivity index (χ1n) is 12.7. The van der Waals surface area contributed by atoms with Crippen molar-refractivity contribution in [2.24, 2.45) is 0 Å². The maximum absolute atomic E-state index is 6.75. The minimum atomic E-state index is -0.467. The van der Waals surface area contributed by atoms with Crippen LogP contribution < -0.4 is 0 Å². The molecule has 3 heterocycles. The molecule has 0 amide bonds. The van der Waals surface area contributed by atoms with Gasteiger partial charge in [0, 0.05) is 38.5 Å². The van der Waals surface area contributed by atoms with E-state index in [1.807, 2.05) is 0 Å². The zero-order valence-corrected chi connectivity index (χ0v) is 18.3. The molecule has 3 saturated heterocycles. The first-order chi connectivity index (χ1) is 14.7. The molecule has 0 radical (unpaired) electrons. The van der Waals surface area contributed by atoms with Crippen LogP contribution in [-0.4, -0.2) is 55.0 Å². The van der Waals surface area contributed by atoms with Gasteiger partial charge < -0.3 is 28.4 Å². The van der Waals surface area contributed by atoms with E-state index in [1.165, 1.54) is 44.9 Å². The molecule has 0 bridgehead atoms. The Morgan fingerprint density at radius 3 is 1.17 bits per heavy atom. The number of rotatable bonds is 2. The van der Waals surface area contributed by atoms with Crippen LogP contribution in [0, 0.1) is 0 Å². The van der Waals surface area contributed by atoms with Crippen LogP contribution in [0.2, 0.25) is 0 Å². The fourth-order valence-corrected chi connectivity index (χ4v) is 6.74. The lowest BCUT2D eigenvalue weighted by Crippen LogP contribution is -2.46. The van der Waals surface area contributed by atoms with Crippen LogP contribution in [0.5, 0.6) is 0 Å². The summed E-state index contributed by atoms with van der Waals surface area (Å²) < 4.78 is 39.3. The van der Waals surface area contributed by atoms with E-state index in [1.54, 1.807) is 0 Å². The van der Waals surface area contributed by atoms with Gasteiger partial charge in [0.15, 0.2) is 17.4 Å². The van der Waals surface area contributed by atoms with E-state index in [9.17, 15) is 0 Å². The third-order valence-electron chi connectivity index (χ3n) is 8.36. The molecule has 0 aromatic carbocycles. The Kier molecular flexibility index (Phi) is 5.41. The van der Waals surface area contributed by atoms with Gasteiger partial charge in [0.05, 0.1) is 13.2 Å². The van der Waals surface area contributed by atoms with Crippen LogP contribution in [0.1, 0.15) is 96.3 Å². The van der Waals surface area contributed by atoms with E-state index in [2.05, 4.69) is 0 Å². The Balaban J connectivity index is 1.21. The molecule has 6 aliphatic rings. The molecule has 0 aromatic rings. The summed E-state index contributed by atoms with van der Waals surface area (Å²) in [5.74, 6) is -1.25. The second-order valence-corrected chi connectivity index (χ2v) is 10.5. The minimum Gasteiger partial charge on any atom is -0.347 e. The summed E-state index contributed by atoms with van der Waals surface area (Å²) in [5, 5.41) is 0. The Morgan fingerprint density at radius 2 is 0.767 bits per heavy atom. The average Bonchev–Trinajstić information content (AvgIpc) is 3.47. The van der Waals surface area contributed by atoms with E-state index in [4.69, 9.17) is 28.4 Å². The van der Waals surface area contributed by atoms with Crippen LogP contribution in [0.15, 0.2) is 0 Å². The molecule has 3 aliphatic heterocycles. The predicted octanol–water partition coefficient (Wildman–Crippen LogP) is 4.58. The fourth-order valence-electron chi connectivity index (χ4n) is 6.74. The summed E-state index contributed by atoms with van der Waals surface area (Å²) in [5.41, 5.74) is 0. The quantitative estimate of drug-likeness (QED) is 0.649. The molecule has 4 atom stereocenters. The molecule has 6 heteroatoms. The SMILES string of the molecule is C1CCC2(CC1)O[C@@H]([C@@H]1COC3(CCCCC3)O1)[C@@H]([C@@H]1COC3(CCCCC3)O1)O2. The summed E-state index contributed by atoms with van der Waals surface area (Å²) in [6, 6.07) is 0. The number of hydrogen-bond donors (Lipinski definition) is 0. The smallest absolute Gasteiger partial charge is 0.169 e. The monoisotopic (exact) mass is 422 g/mol. The lowest BCUT2D eigenvalue weighted by molar-refractivity contribution is -0.221. The van der Waals surface area contributed by atoms with Gasteiger partial charge >= 0.3 is 0 Å². The molecule has 3 saturated carbocycles. The van der Waals surface area contributed by atoms with E-state index in [0.717, 1.165) is 51.4 Å². The molecule has 0 aromatic heterocycles. The molecule has 3 spiro atoms. The lowest BCUT2D eigenvalue weighted by atomic mass is 9.94. The largest absolute Gasteiger partial charge is 0.347 e. The second kappa shape index (κ2) is 7.96. The highest BCUT2D eigenvalue weighted by Gasteiger charge is 2.59. The fraction of sp³-hybridized carbons (Fsp3) is 1.00. The zero-order chi connectivity index (χ0) is 20.1. The van der Waals surface area contributed by atoms with Crippen molar-refractivity contribution < 1.29 is 28.4 Å². The summed E-state index contributed by atoms with van der Waals surface area (Å²) in [7, 11) is 0. The van der Waals surface area contributed by atoms with Crippen LogP contribution in [0.3, 0.4) is 0 Å². The van der Waals surface area contributed by atoms with E-state index in [-0.39, 0.29) is 24.4 Å². The second-order valence-electron chi connectivity index (χ2n) is 10.5. The van der Waals surface area contributed by atoms with Crippen LogP contribution in [0.4, 0.5) is 0 Å². The van der Waals surface area contributed by atoms with Crippen molar-refractivity contribution in [1.82, 2.24) is 0 Å². The van der Waals surface area contributed by atoms with Gasteiger partial charge in [-0.1, -0.05) is 19.3 Å². The lowest BCUT2D eigenvalue weighted by Gasteiger charge is -2.34. The Morgan fingerprint density at radius 1 is 0.400 bits per heavy atom. The van der Waals surface area contributed by atoms with Crippen molar-refractivity contribution in [2.75, 3.05) is 13.2 Å². The van der Waals surface area contributed by atoms with E-state index >= 15 is 0 Å². The number of hydrogen-bond acceptors (Lipinski definition) is 6. The molecule has 6 rings (SSSR count). The molecule has 170 valence electrons. The van der Waals surface area contributed by atoms with Crippen molar-refractivity contribution in [3.63, 3.8) is 0 Å². The Bertz CT molecular complexity index is 559. The molecular weight excluding hydrogens is 384 g/mol. The van der Waals surface area contributed by atoms with Crippen molar-refractivity contribution in [3.8, 4) is 0 Å². The Labute approximate surface area is 180 Å². The average molecular weight is 423 g/mol. The van der Waals surface area contributed by atoms with Gasteiger partial charge in [0.25, 0.3) is 0 Å². The highest BCUT2D eigenvalue weighted by Crippen LogP contribution is 2.48. The maximum Gasteiger partial charge on any atom is 0.169 e. The third kappa shape index (κ3) is 3.65. The standard InChI is InChI=1S/C24H38O6/c1-4-10-22(11-5-1)25-16-18(27-22)20-21(30-24(29-20)14-8-3-9-15-24)19-17-26-23(28-19)12-6-2-7-13-23/h18-21H,1-17H2/t18-,19-,20-,21+/m0/s1. The van der Waals surface area contributed by atoms with E-state index in [0.29, 0.717) is 13.2 Å². The zero-order valence-electron chi connectivity index (χ0n) is 18.3. The maximum atomic E-state index is 6.75. The number of ether oxygens (including phenoxy) is 6. The van der Waals surface area contributed by atoms with Gasteiger partial charge in [0.2, 0.25) is 0 Å². The molecule has 30 heavy (non-hydrogen) atoms. The molecule has 0 unspecified atom stereocenters. The van der Waals surface area contributed by atoms with Crippen LogP contribution >= 0.6 is 0 Å². The molecule has 0 N–H and O–H groups in total. The van der Waals surface area contributed by atoms with Crippen molar-refractivity contribution in [3.05, 3.63) is 0 Å². The molecule has 6 nitrogen and oxygen atoms in total. The molecular formula is C24H38O6. The van der Waals surface area contributed by atoms with Crippen molar-refractivity contribution >= 4 is 0 Å². The minimum absolute atomic E-state index is 0.0825. The van der Waals surface area contributed by atoms with Gasteiger partial charge in [-0.3, -0.25) is 0 Å². The summed E-state index contributed by atoms with van der Waals surface area (Å²) in [6.45, 7) is 1.19. The third-order valence-corrected chi connectivity index (χ3v) is 8.36. The van der Waals surface area contributed by atoms with Crippen LogP contribution in [0.25, 0.3) is 0 Å². The van der Waals surface area contributed by atoms with Crippen molar-refractivity contribution in [1.29, 1.82) is 0 Å². The Hall–Kier alpha value is -0.240. The van der Waals surface area contributed by atoms with Gasteiger partial charge in [-0.25, -0.2) is 0 Å². The highest BCUT2D eigenvalue weighted by molar-refractivity contribution is 5.00. The van der Waals surface area contributed by atoms with Gasteiger partial charge in [-0.15, -0.1) is 0 Å². The normalized spacial score (nSPS) is 42.4. The van der Waals surface area contributed by atoms with Gasteiger partial charge in [0.1, 0.15) is 24.4 Å².